The van der Waals surface area contributed by atoms with Crippen molar-refractivity contribution in [1.29, 1.82) is 0 Å². The third-order valence-electron chi connectivity index (χ3n) is 5.11. The largest absolute Gasteiger partial charge is 0.493 e. The standard InChI is InChI=1S/C19H28N2O4/c1-14-4-5-17(18(10-14)23-3)25-13-19(22)21-11-15(2)16(12-21)20-6-8-24-9-7-20/h4-5,10,15-16H,6-9,11-13H2,1-3H3/t15-,16+/m0/s1. The van der Waals surface area contributed by atoms with Crippen LogP contribution < -0.4 is 9.47 Å². The second-order valence-corrected chi connectivity index (χ2v) is 6.93. The van der Waals surface area contributed by atoms with E-state index in [0.29, 0.717) is 23.5 Å². The van der Waals surface area contributed by atoms with Crippen molar-refractivity contribution < 1.29 is 19.0 Å². The fourth-order valence-corrected chi connectivity index (χ4v) is 3.66. The van der Waals surface area contributed by atoms with Gasteiger partial charge in [-0.05, 0) is 30.5 Å². The minimum absolute atomic E-state index is 0.0326. The number of carbonyl (C=O) groups excluding carboxylic acids is 1. The van der Waals surface area contributed by atoms with Crippen molar-refractivity contribution in [3.63, 3.8) is 0 Å². The molecule has 2 saturated heterocycles. The molecule has 0 aromatic heterocycles. The van der Waals surface area contributed by atoms with Crippen LogP contribution in [0.25, 0.3) is 0 Å². The van der Waals surface area contributed by atoms with E-state index >= 15 is 0 Å². The lowest BCUT2D eigenvalue weighted by Crippen LogP contribution is -2.47. The molecule has 0 aliphatic carbocycles. The normalized spacial score (nSPS) is 24.4. The number of ether oxygens (including phenoxy) is 3. The Balaban J connectivity index is 1.55. The van der Waals surface area contributed by atoms with Crippen LogP contribution >= 0.6 is 0 Å². The number of aryl methyl sites for hydroxylation is 1. The Bertz CT molecular complexity index is 601. The average Bonchev–Trinajstić information content (AvgIpc) is 3.03. The summed E-state index contributed by atoms with van der Waals surface area (Å²) in [6.07, 6.45) is 0. The van der Waals surface area contributed by atoms with Gasteiger partial charge in [-0.1, -0.05) is 13.0 Å². The minimum Gasteiger partial charge on any atom is -0.493 e. The maximum absolute atomic E-state index is 12.6. The lowest BCUT2D eigenvalue weighted by Gasteiger charge is -2.33. The summed E-state index contributed by atoms with van der Waals surface area (Å²) in [5.41, 5.74) is 1.09. The number of morpholine rings is 1. The van der Waals surface area contributed by atoms with Gasteiger partial charge in [-0.15, -0.1) is 0 Å². The summed E-state index contributed by atoms with van der Waals surface area (Å²) in [7, 11) is 1.61. The molecule has 0 unspecified atom stereocenters. The number of likely N-dealkylation sites (tertiary alicyclic amines) is 1. The van der Waals surface area contributed by atoms with Gasteiger partial charge in [-0.3, -0.25) is 9.69 Å². The van der Waals surface area contributed by atoms with Gasteiger partial charge in [-0.25, -0.2) is 0 Å². The highest BCUT2D eigenvalue weighted by Crippen LogP contribution is 2.28. The van der Waals surface area contributed by atoms with E-state index in [-0.39, 0.29) is 12.5 Å². The molecule has 2 fully saturated rings. The Labute approximate surface area is 149 Å². The molecule has 0 N–H and O–H groups in total. The molecule has 138 valence electrons. The molecule has 6 nitrogen and oxygen atoms in total. The van der Waals surface area contributed by atoms with E-state index in [9.17, 15) is 4.79 Å². The van der Waals surface area contributed by atoms with Gasteiger partial charge in [0.05, 0.1) is 20.3 Å². The number of hydrogen-bond donors (Lipinski definition) is 0. The Kier molecular flexibility index (Phi) is 5.81. The quantitative estimate of drug-likeness (QED) is 0.808. The molecule has 2 aliphatic heterocycles. The summed E-state index contributed by atoms with van der Waals surface area (Å²) in [6, 6.07) is 6.13. The van der Waals surface area contributed by atoms with E-state index in [4.69, 9.17) is 14.2 Å². The average molecular weight is 348 g/mol. The highest BCUT2D eigenvalue weighted by Gasteiger charge is 2.36. The second-order valence-electron chi connectivity index (χ2n) is 6.93. The third-order valence-corrected chi connectivity index (χ3v) is 5.11. The first-order valence-corrected chi connectivity index (χ1v) is 8.95. The van der Waals surface area contributed by atoms with Crippen LogP contribution in [0.5, 0.6) is 11.5 Å². The molecule has 2 aliphatic rings. The van der Waals surface area contributed by atoms with Gasteiger partial charge in [0.2, 0.25) is 0 Å². The van der Waals surface area contributed by atoms with Crippen LogP contribution in [0, 0.1) is 12.8 Å². The van der Waals surface area contributed by atoms with Crippen molar-refractivity contribution in [3.05, 3.63) is 23.8 Å². The van der Waals surface area contributed by atoms with Crippen molar-refractivity contribution in [3.8, 4) is 11.5 Å². The summed E-state index contributed by atoms with van der Waals surface area (Å²) in [6.45, 7) is 9.29. The molecule has 2 heterocycles. The maximum Gasteiger partial charge on any atom is 0.260 e. The van der Waals surface area contributed by atoms with Gasteiger partial charge in [0, 0.05) is 32.2 Å². The SMILES string of the molecule is COc1cc(C)ccc1OCC(=O)N1C[C@@H](N2CCOCC2)[C@@H](C)C1. The predicted molar refractivity (Wildman–Crippen MR) is 95.2 cm³/mol. The summed E-state index contributed by atoms with van der Waals surface area (Å²) < 4.78 is 16.5. The number of hydrogen-bond acceptors (Lipinski definition) is 5. The molecule has 0 radical (unpaired) electrons. The summed E-state index contributed by atoms with van der Waals surface area (Å²) >= 11 is 0. The number of methoxy groups -OCH3 is 1. The van der Waals surface area contributed by atoms with Gasteiger partial charge >= 0.3 is 0 Å². The summed E-state index contributed by atoms with van der Waals surface area (Å²) in [5.74, 6) is 1.77. The molecule has 25 heavy (non-hydrogen) atoms. The first kappa shape index (κ1) is 18.0. The van der Waals surface area contributed by atoms with Crippen molar-refractivity contribution in [1.82, 2.24) is 9.80 Å². The maximum atomic E-state index is 12.6. The highest BCUT2D eigenvalue weighted by molar-refractivity contribution is 5.78. The van der Waals surface area contributed by atoms with Crippen LogP contribution in [0.15, 0.2) is 18.2 Å². The zero-order chi connectivity index (χ0) is 17.8. The van der Waals surface area contributed by atoms with Gasteiger partial charge in [-0.2, -0.15) is 0 Å². The Hall–Kier alpha value is -1.79. The molecule has 6 heteroatoms. The van der Waals surface area contributed by atoms with E-state index in [1.807, 2.05) is 30.0 Å². The number of carbonyl (C=O) groups is 1. The second kappa shape index (κ2) is 8.06. The zero-order valence-electron chi connectivity index (χ0n) is 15.4. The monoisotopic (exact) mass is 348 g/mol. The highest BCUT2D eigenvalue weighted by atomic mass is 16.5. The molecule has 1 amide bonds. The van der Waals surface area contributed by atoms with E-state index in [1.165, 1.54) is 0 Å². The fourth-order valence-electron chi connectivity index (χ4n) is 3.66. The van der Waals surface area contributed by atoms with Crippen LogP contribution in [-0.4, -0.2) is 74.9 Å². The molecule has 1 aromatic carbocycles. The first-order valence-electron chi connectivity index (χ1n) is 8.95. The van der Waals surface area contributed by atoms with Crippen LogP contribution in [0.1, 0.15) is 12.5 Å². The van der Waals surface area contributed by atoms with Crippen molar-refractivity contribution >= 4 is 5.91 Å². The smallest absolute Gasteiger partial charge is 0.260 e. The van der Waals surface area contributed by atoms with E-state index in [1.54, 1.807) is 7.11 Å². The topological polar surface area (TPSA) is 51.2 Å². The lowest BCUT2D eigenvalue weighted by atomic mass is 10.0. The number of rotatable bonds is 5. The lowest BCUT2D eigenvalue weighted by molar-refractivity contribution is -0.132. The summed E-state index contributed by atoms with van der Waals surface area (Å²) in [4.78, 5) is 16.9. The van der Waals surface area contributed by atoms with Gasteiger partial charge in [0.15, 0.2) is 18.1 Å². The Morgan fingerprint density at radius 3 is 2.72 bits per heavy atom. The molecule has 0 spiro atoms. The van der Waals surface area contributed by atoms with Crippen molar-refractivity contribution in [2.24, 2.45) is 5.92 Å². The molecule has 2 atom stereocenters. The van der Waals surface area contributed by atoms with Gasteiger partial charge < -0.3 is 19.1 Å². The number of benzene rings is 1. The third kappa shape index (κ3) is 4.25. The Morgan fingerprint density at radius 2 is 2.00 bits per heavy atom. The van der Waals surface area contributed by atoms with Gasteiger partial charge in [0.25, 0.3) is 5.91 Å². The first-order chi connectivity index (χ1) is 12.1. The Morgan fingerprint density at radius 1 is 1.24 bits per heavy atom. The molecule has 0 bridgehead atoms. The molecular weight excluding hydrogens is 320 g/mol. The van der Waals surface area contributed by atoms with Crippen molar-refractivity contribution in [2.45, 2.75) is 19.9 Å². The van der Waals surface area contributed by atoms with E-state index in [2.05, 4.69) is 11.8 Å². The fraction of sp³-hybridized carbons (Fsp3) is 0.632. The summed E-state index contributed by atoms with van der Waals surface area (Å²) in [5, 5.41) is 0. The number of nitrogens with zero attached hydrogens (tertiary/aromatic N) is 2. The predicted octanol–water partition coefficient (Wildman–Crippen LogP) is 1.56. The van der Waals surface area contributed by atoms with Crippen molar-refractivity contribution in [2.75, 3.05) is 53.1 Å². The van der Waals surface area contributed by atoms with Crippen LogP contribution in [-0.2, 0) is 9.53 Å². The molecular formula is C19H28N2O4. The number of amides is 1. The van der Waals surface area contributed by atoms with E-state index < -0.39 is 0 Å². The van der Waals surface area contributed by atoms with Gasteiger partial charge in [0.1, 0.15) is 0 Å². The van der Waals surface area contributed by atoms with E-state index in [0.717, 1.165) is 45.0 Å². The minimum atomic E-state index is 0.0326. The van der Waals surface area contributed by atoms with Crippen LogP contribution in [0.3, 0.4) is 0 Å². The molecule has 3 rings (SSSR count). The van der Waals surface area contributed by atoms with Crippen LogP contribution in [0.4, 0.5) is 0 Å². The molecule has 0 saturated carbocycles. The molecule has 1 aromatic rings. The van der Waals surface area contributed by atoms with Crippen LogP contribution in [0.2, 0.25) is 0 Å². The zero-order valence-corrected chi connectivity index (χ0v) is 15.4.